The van der Waals surface area contributed by atoms with Crippen LogP contribution in [0.1, 0.15) is 30.9 Å². The van der Waals surface area contributed by atoms with Gasteiger partial charge >= 0.3 is 0 Å². The molecule has 1 atom stereocenters. The van der Waals surface area contributed by atoms with Crippen LogP contribution in [0.15, 0.2) is 29.3 Å². The smallest absolute Gasteiger partial charge is 0.222 e. The van der Waals surface area contributed by atoms with Gasteiger partial charge in [-0.05, 0) is 24.0 Å². The Hall–Kier alpha value is -1.35. The van der Waals surface area contributed by atoms with E-state index in [2.05, 4.69) is 44.8 Å². The van der Waals surface area contributed by atoms with Crippen molar-refractivity contribution in [3.63, 3.8) is 0 Å². The van der Waals surface area contributed by atoms with Gasteiger partial charge in [0.2, 0.25) is 5.91 Å². The number of amides is 1. The van der Waals surface area contributed by atoms with E-state index in [4.69, 9.17) is 0 Å². The Kier molecular flexibility index (Phi) is 8.82. The topological polar surface area (TPSA) is 60.0 Å². The SMILES string of the molecule is CCC(=O)N1CCC(NC(=NC)NCCN2CCc3ccccc3C2)C1.I. The standard InChI is InChI=1S/C20H31N5O.HI/c1-3-19(26)25-12-9-18(15-25)23-20(21-2)22-10-13-24-11-8-16-6-4-5-7-17(16)14-24;/h4-7,18H,3,8-15H2,1-2H3,(H2,21,22,23);1H. The van der Waals surface area contributed by atoms with E-state index in [9.17, 15) is 4.79 Å². The van der Waals surface area contributed by atoms with Crippen molar-refractivity contribution >= 4 is 35.8 Å². The minimum atomic E-state index is 0. The summed E-state index contributed by atoms with van der Waals surface area (Å²) in [5.41, 5.74) is 2.94. The minimum absolute atomic E-state index is 0. The van der Waals surface area contributed by atoms with Crippen LogP contribution in [0.5, 0.6) is 0 Å². The lowest BCUT2D eigenvalue weighted by Gasteiger charge is -2.29. The van der Waals surface area contributed by atoms with Crippen LogP contribution < -0.4 is 10.6 Å². The van der Waals surface area contributed by atoms with Crippen LogP contribution in [-0.4, -0.2) is 67.5 Å². The maximum absolute atomic E-state index is 11.8. The van der Waals surface area contributed by atoms with Crippen LogP contribution in [0.4, 0.5) is 0 Å². The van der Waals surface area contributed by atoms with Crippen LogP contribution in [-0.2, 0) is 17.8 Å². The molecule has 6 nitrogen and oxygen atoms in total. The molecule has 1 saturated heterocycles. The van der Waals surface area contributed by atoms with E-state index in [1.807, 2.05) is 11.8 Å². The molecule has 1 unspecified atom stereocenters. The molecule has 0 saturated carbocycles. The summed E-state index contributed by atoms with van der Waals surface area (Å²) in [6.45, 7) is 7.54. The molecular weight excluding hydrogens is 453 g/mol. The highest BCUT2D eigenvalue weighted by molar-refractivity contribution is 14.0. The van der Waals surface area contributed by atoms with E-state index >= 15 is 0 Å². The van der Waals surface area contributed by atoms with Crippen LogP contribution >= 0.6 is 24.0 Å². The molecule has 0 spiro atoms. The Balaban J connectivity index is 0.00000261. The van der Waals surface area contributed by atoms with Crippen molar-refractivity contribution in [3.05, 3.63) is 35.4 Å². The Bertz CT molecular complexity index is 651. The molecule has 27 heavy (non-hydrogen) atoms. The van der Waals surface area contributed by atoms with Crippen LogP contribution in [0.2, 0.25) is 0 Å². The monoisotopic (exact) mass is 485 g/mol. The maximum Gasteiger partial charge on any atom is 0.222 e. The van der Waals surface area contributed by atoms with E-state index in [0.717, 1.165) is 58.1 Å². The predicted octanol–water partition coefficient (Wildman–Crippen LogP) is 1.84. The van der Waals surface area contributed by atoms with E-state index in [-0.39, 0.29) is 29.9 Å². The highest BCUT2D eigenvalue weighted by atomic mass is 127. The largest absolute Gasteiger partial charge is 0.355 e. The molecule has 1 fully saturated rings. The number of fused-ring (bicyclic) bond motifs is 1. The minimum Gasteiger partial charge on any atom is -0.355 e. The number of nitrogens with zero attached hydrogens (tertiary/aromatic N) is 3. The zero-order chi connectivity index (χ0) is 18.4. The molecule has 0 aliphatic carbocycles. The molecular formula is C20H32IN5O. The molecule has 2 heterocycles. The highest BCUT2D eigenvalue weighted by Crippen LogP contribution is 2.17. The summed E-state index contributed by atoms with van der Waals surface area (Å²) in [6.07, 6.45) is 2.69. The second-order valence-corrected chi connectivity index (χ2v) is 7.12. The van der Waals surface area contributed by atoms with E-state index in [1.165, 1.54) is 11.1 Å². The Morgan fingerprint density at radius 1 is 1.26 bits per heavy atom. The molecule has 0 bridgehead atoms. The maximum atomic E-state index is 11.8. The van der Waals surface area contributed by atoms with Crippen LogP contribution in [0.3, 0.4) is 0 Å². The number of likely N-dealkylation sites (tertiary alicyclic amines) is 1. The molecule has 2 aliphatic heterocycles. The van der Waals surface area contributed by atoms with Gasteiger partial charge in [-0.1, -0.05) is 31.2 Å². The van der Waals surface area contributed by atoms with Gasteiger partial charge in [0.05, 0.1) is 0 Å². The van der Waals surface area contributed by atoms with Crippen molar-refractivity contribution in [1.82, 2.24) is 20.4 Å². The Morgan fingerprint density at radius 3 is 2.78 bits per heavy atom. The van der Waals surface area contributed by atoms with Crippen molar-refractivity contribution in [1.29, 1.82) is 0 Å². The highest BCUT2D eigenvalue weighted by Gasteiger charge is 2.25. The summed E-state index contributed by atoms with van der Waals surface area (Å²) >= 11 is 0. The van der Waals surface area contributed by atoms with Gasteiger partial charge < -0.3 is 15.5 Å². The van der Waals surface area contributed by atoms with Crippen molar-refractivity contribution < 1.29 is 4.79 Å². The Labute approximate surface area is 179 Å². The molecule has 0 radical (unpaired) electrons. The molecule has 2 N–H and O–H groups in total. The van der Waals surface area contributed by atoms with Crippen molar-refractivity contribution in [2.24, 2.45) is 4.99 Å². The molecule has 1 aromatic carbocycles. The summed E-state index contributed by atoms with van der Waals surface area (Å²) in [5.74, 6) is 1.07. The molecule has 0 aromatic heterocycles. The number of guanidine groups is 1. The number of carbonyl (C=O) groups excluding carboxylic acids is 1. The number of hydrogen-bond acceptors (Lipinski definition) is 3. The average molecular weight is 485 g/mol. The third-order valence-electron chi connectivity index (χ3n) is 5.34. The number of halogens is 1. The fourth-order valence-corrected chi connectivity index (χ4v) is 3.79. The van der Waals surface area contributed by atoms with E-state index in [1.54, 1.807) is 7.05 Å². The summed E-state index contributed by atoms with van der Waals surface area (Å²) in [4.78, 5) is 20.6. The second-order valence-electron chi connectivity index (χ2n) is 7.12. The molecule has 1 amide bonds. The van der Waals surface area contributed by atoms with Crippen molar-refractivity contribution in [2.75, 3.05) is 39.8 Å². The number of benzene rings is 1. The number of carbonyl (C=O) groups is 1. The lowest BCUT2D eigenvalue weighted by molar-refractivity contribution is -0.129. The number of aliphatic imine (C=N–C) groups is 1. The summed E-state index contributed by atoms with van der Waals surface area (Å²) in [7, 11) is 1.80. The second kappa shape index (κ2) is 10.8. The predicted molar refractivity (Wildman–Crippen MR) is 121 cm³/mol. The van der Waals surface area contributed by atoms with E-state index < -0.39 is 0 Å². The lowest BCUT2D eigenvalue weighted by Crippen LogP contribution is -2.47. The fourth-order valence-electron chi connectivity index (χ4n) is 3.79. The molecule has 3 rings (SSSR count). The molecule has 1 aromatic rings. The fraction of sp³-hybridized carbons (Fsp3) is 0.600. The van der Waals surface area contributed by atoms with E-state index in [0.29, 0.717) is 12.5 Å². The van der Waals surface area contributed by atoms with Gasteiger partial charge in [-0.25, -0.2) is 0 Å². The van der Waals surface area contributed by atoms with Gasteiger partial charge in [-0.3, -0.25) is 14.7 Å². The Morgan fingerprint density at radius 2 is 2.04 bits per heavy atom. The molecule has 150 valence electrons. The average Bonchev–Trinajstić information content (AvgIpc) is 3.15. The molecule has 2 aliphatic rings. The third kappa shape index (κ3) is 6.07. The van der Waals surface area contributed by atoms with Crippen molar-refractivity contribution in [2.45, 2.75) is 38.8 Å². The van der Waals surface area contributed by atoms with Gasteiger partial charge in [0.25, 0.3) is 0 Å². The van der Waals surface area contributed by atoms with Crippen LogP contribution in [0.25, 0.3) is 0 Å². The third-order valence-corrected chi connectivity index (χ3v) is 5.34. The first-order valence-electron chi connectivity index (χ1n) is 9.73. The van der Waals surface area contributed by atoms with Crippen molar-refractivity contribution in [3.8, 4) is 0 Å². The summed E-state index contributed by atoms with van der Waals surface area (Å²) < 4.78 is 0. The number of nitrogens with one attached hydrogen (secondary N) is 2. The first-order chi connectivity index (χ1) is 12.7. The summed E-state index contributed by atoms with van der Waals surface area (Å²) in [6, 6.07) is 9.02. The van der Waals surface area contributed by atoms with Gasteiger partial charge in [0.1, 0.15) is 0 Å². The van der Waals surface area contributed by atoms with Gasteiger partial charge in [0.15, 0.2) is 5.96 Å². The first kappa shape index (κ1) is 21.9. The number of rotatable bonds is 5. The van der Waals surface area contributed by atoms with Gasteiger partial charge in [-0.2, -0.15) is 0 Å². The number of hydrogen-bond donors (Lipinski definition) is 2. The summed E-state index contributed by atoms with van der Waals surface area (Å²) in [5, 5.41) is 6.87. The lowest BCUT2D eigenvalue weighted by atomic mass is 10.00. The van der Waals surface area contributed by atoms with Crippen LogP contribution in [0, 0.1) is 0 Å². The van der Waals surface area contributed by atoms with Gasteiger partial charge in [0, 0.05) is 58.8 Å². The normalized spacial score (nSPS) is 20.0. The quantitative estimate of drug-likeness (QED) is 0.380. The molecule has 7 heteroatoms. The zero-order valence-electron chi connectivity index (χ0n) is 16.4. The zero-order valence-corrected chi connectivity index (χ0v) is 18.7. The first-order valence-corrected chi connectivity index (χ1v) is 9.73. The van der Waals surface area contributed by atoms with Gasteiger partial charge in [-0.15, -0.1) is 24.0 Å².